The van der Waals surface area contributed by atoms with Gasteiger partial charge < -0.3 is 0 Å². The molecule has 128 valence electrons. The standard InChI is InChI=1S/C20H38N2/c1-5-9-11-13-15-17-19(16-14-12-10-6-2)20(22-8-4)18-21-7-3/h7-8,18-19H,5-6,9-17H2,1-4H3/b20-18-,21-7?,22-8?. The Bertz CT molecular complexity index is 316. The van der Waals surface area contributed by atoms with Gasteiger partial charge >= 0.3 is 0 Å². The van der Waals surface area contributed by atoms with E-state index in [9.17, 15) is 0 Å². The van der Waals surface area contributed by atoms with Crippen molar-refractivity contribution < 1.29 is 0 Å². The van der Waals surface area contributed by atoms with Crippen molar-refractivity contribution in [3.8, 4) is 0 Å². The summed E-state index contributed by atoms with van der Waals surface area (Å²) in [7, 11) is 0. The topological polar surface area (TPSA) is 24.7 Å². The molecule has 0 saturated carbocycles. The van der Waals surface area contributed by atoms with Crippen LogP contribution in [0, 0.1) is 5.92 Å². The monoisotopic (exact) mass is 306 g/mol. The summed E-state index contributed by atoms with van der Waals surface area (Å²) >= 11 is 0. The lowest BCUT2D eigenvalue weighted by Gasteiger charge is -2.17. The summed E-state index contributed by atoms with van der Waals surface area (Å²) in [5, 5.41) is 0. The molecule has 0 rings (SSSR count). The molecule has 2 nitrogen and oxygen atoms in total. The minimum Gasteiger partial charge on any atom is -0.267 e. The molecule has 22 heavy (non-hydrogen) atoms. The Labute approximate surface area is 139 Å². The quantitative estimate of drug-likeness (QED) is 0.245. The Balaban J connectivity index is 4.51. The van der Waals surface area contributed by atoms with Crippen LogP contribution >= 0.6 is 0 Å². The first kappa shape index (κ1) is 21.1. The van der Waals surface area contributed by atoms with Crippen LogP contribution in [-0.2, 0) is 0 Å². The van der Waals surface area contributed by atoms with E-state index in [1.165, 1.54) is 76.3 Å². The molecule has 0 bridgehead atoms. The molecule has 0 aromatic heterocycles. The SMILES string of the molecule is CC=N/C=C(\N=CC)C(CCCCCC)CCCCCCC. The summed E-state index contributed by atoms with van der Waals surface area (Å²) < 4.78 is 0. The van der Waals surface area contributed by atoms with Crippen LogP contribution in [0.1, 0.15) is 98.3 Å². The summed E-state index contributed by atoms with van der Waals surface area (Å²) in [5.74, 6) is 0.582. The molecule has 0 spiro atoms. The third-order valence-electron chi connectivity index (χ3n) is 4.11. The first-order chi connectivity index (χ1) is 10.8. The Morgan fingerprint density at radius 3 is 1.82 bits per heavy atom. The highest BCUT2D eigenvalue weighted by molar-refractivity contribution is 5.56. The third kappa shape index (κ3) is 11.7. The summed E-state index contributed by atoms with van der Waals surface area (Å²) in [6.07, 6.45) is 20.3. The third-order valence-corrected chi connectivity index (χ3v) is 4.11. The molecule has 0 aliphatic carbocycles. The van der Waals surface area contributed by atoms with Gasteiger partial charge in [0.1, 0.15) is 0 Å². The smallest absolute Gasteiger partial charge is 0.0612 e. The van der Waals surface area contributed by atoms with E-state index < -0.39 is 0 Å². The van der Waals surface area contributed by atoms with Crippen LogP contribution in [0.25, 0.3) is 0 Å². The molecule has 0 aromatic rings. The van der Waals surface area contributed by atoms with E-state index in [2.05, 4.69) is 23.8 Å². The van der Waals surface area contributed by atoms with E-state index >= 15 is 0 Å². The number of nitrogens with zero attached hydrogens (tertiary/aromatic N) is 2. The minimum atomic E-state index is 0.582. The fraction of sp³-hybridized carbons (Fsp3) is 0.800. The normalized spacial score (nSPS) is 14.3. The molecular weight excluding hydrogens is 268 g/mol. The number of aliphatic imine (C=N–C) groups is 2. The lowest BCUT2D eigenvalue weighted by molar-refractivity contribution is 0.450. The van der Waals surface area contributed by atoms with Crippen molar-refractivity contribution in [3.05, 3.63) is 11.9 Å². The van der Waals surface area contributed by atoms with E-state index in [4.69, 9.17) is 0 Å². The Morgan fingerprint density at radius 2 is 1.32 bits per heavy atom. The van der Waals surface area contributed by atoms with Gasteiger partial charge in [-0.2, -0.15) is 0 Å². The predicted octanol–water partition coefficient (Wildman–Crippen LogP) is 6.96. The van der Waals surface area contributed by atoms with E-state index in [-0.39, 0.29) is 0 Å². The van der Waals surface area contributed by atoms with Gasteiger partial charge in [-0.05, 0) is 26.7 Å². The van der Waals surface area contributed by atoms with Crippen LogP contribution in [0.3, 0.4) is 0 Å². The molecule has 0 aliphatic heterocycles. The molecule has 0 fully saturated rings. The Hall–Kier alpha value is -0.920. The van der Waals surface area contributed by atoms with Gasteiger partial charge in [-0.15, -0.1) is 0 Å². The number of allylic oxidation sites excluding steroid dienone is 1. The molecule has 0 radical (unpaired) electrons. The first-order valence-corrected chi connectivity index (χ1v) is 9.46. The molecule has 0 aromatic carbocycles. The molecule has 0 heterocycles. The molecule has 0 saturated heterocycles. The zero-order chi connectivity index (χ0) is 16.5. The lowest BCUT2D eigenvalue weighted by Crippen LogP contribution is -2.04. The van der Waals surface area contributed by atoms with Gasteiger partial charge in [0, 0.05) is 24.5 Å². The van der Waals surface area contributed by atoms with Gasteiger partial charge in [-0.25, -0.2) is 0 Å². The van der Waals surface area contributed by atoms with Crippen molar-refractivity contribution in [2.45, 2.75) is 98.3 Å². The maximum atomic E-state index is 4.60. The highest BCUT2D eigenvalue weighted by atomic mass is 14.8. The predicted molar refractivity (Wildman–Crippen MR) is 102 cm³/mol. The highest BCUT2D eigenvalue weighted by Gasteiger charge is 2.13. The second-order valence-electron chi connectivity index (χ2n) is 6.10. The van der Waals surface area contributed by atoms with Gasteiger partial charge in [0.25, 0.3) is 0 Å². The molecule has 0 aliphatic rings. The maximum absolute atomic E-state index is 4.60. The van der Waals surface area contributed by atoms with Crippen LogP contribution in [0.15, 0.2) is 21.9 Å². The summed E-state index contributed by atoms with van der Waals surface area (Å²) in [4.78, 5) is 8.91. The second kappa shape index (κ2) is 16.5. The van der Waals surface area contributed by atoms with Crippen LogP contribution in [0.5, 0.6) is 0 Å². The van der Waals surface area contributed by atoms with E-state index in [1.54, 1.807) is 0 Å². The van der Waals surface area contributed by atoms with E-state index in [0.29, 0.717) is 5.92 Å². The van der Waals surface area contributed by atoms with Crippen LogP contribution in [0.4, 0.5) is 0 Å². The zero-order valence-electron chi connectivity index (χ0n) is 15.5. The van der Waals surface area contributed by atoms with Crippen LogP contribution in [0.2, 0.25) is 0 Å². The van der Waals surface area contributed by atoms with Crippen molar-refractivity contribution >= 4 is 12.4 Å². The van der Waals surface area contributed by atoms with Gasteiger partial charge in [0.15, 0.2) is 0 Å². The molecular formula is C20H38N2. The van der Waals surface area contributed by atoms with E-state index in [0.717, 1.165) is 0 Å². The van der Waals surface area contributed by atoms with Gasteiger partial charge in [0.2, 0.25) is 0 Å². The van der Waals surface area contributed by atoms with Crippen LogP contribution in [-0.4, -0.2) is 12.4 Å². The molecule has 0 N–H and O–H groups in total. The summed E-state index contributed by atoms with van der Waals surface area (Å²) in [6, 6.07) is 0. The van der Waals surface area contributed by atoms with Gasteiger partial charge in [0.05, 0.1) is 5.70 Å². The van der Waals surface area contributed by atoms with E-state index in [1.807, 2.05) is 32.5 Å². The number of hydrogen-bond donors (Lipinski definition) is 0. The summed E-state index contributed by atoms with van der Waals surface area (Å²) in [6.45, 7) is 8.51. The Morgan fingerprint density at radius 1 is 0.773 bits per heavy atom. The molecule has 2 heteroatoms. The summed E-state index contributed by atoms with van der Waals surface area (Å²) in [5.41, 5.74) is 1.17. The fourth-order valence-electron chi connectivity index (χ4n) is 2.80. The fourth-order valence-corrected chi connectivity index (χ4v) is 2.80. The maximum Gasteiger partial charge on any atom is 0.0612 e. The highest BCUT2D eigenvalue weighted by Crippen LogP contribution is 2.26. The van der Waals surface area contributed by atoms with Crippen molar-refractivity contribution in [2.75, 3.05) is 0 Å². The molecule has 1 atom stereocenters. The van der Waals surface area contributed by atoms with Crippen molar-refractivity contribution in [3.63, 3.8) is 0 Å². The molecule has 1 unspecified atom stereocenters. The number of rotatable bonds is 14. The average molecular weight is 307 g/mol. The zero-order valence-corrected chi connectivity index (χ0v) is 15.5. The minimum absolute atomic E-state index is 0.582. The number of unbranched alkanes of at least 4 members (excludes halogenated alkanes) is 7. The van der Waals surface area contributed by atoms with Gasteiger partial charge in [-0.3, -0.25) is 9.98 Å². The second-order valence-corrected chi connectivity index (χ2v) is 6.10. The van der Waals surface area contributed by atoms with Crippen molar-refractivity contribution in [1.82, 2.24) is 0 Å². The first-order valence-electron chi connectivity index (χ1n) is 9.46. The number of hydrogen-bond acceptors (Lipinski definition) is 2. The largest absolute Gasteiger partial charge is 0.267 e. The van der Waals surface area contributed by atoms with Crippen LogP contribution < -0.4 is 0 Å². The lowest BCUT2D eigenvalue weighted by atomic mass is 9.92. The van der Waals surface area contributed by atoms with Crippen molar-refractivity contribution in [1.29, 1.82) is 0 Å². The average Bonchev–Trinajstić information content (AvgIpc) is 2.53. The Kier molecular flexibility index (Phi) is 15.8. The van der Waals surface area contributed by atoms with Gasteiger partial charge in [-0.1, -0.05) is 71.6 Å². The van der Waals surface area contributed by atoms with Crippen molar-refractivity contribution in [2.24, 2.45) is 15.9 Å². The molecule has 0 amide bonds.